The van der Waals surface area contributed by atoms with Gasteiger partial charge < -0.3 is 15.6 Å². The zero-order valence-electron chi connectivity index (χ0n) is 12.9. The van der Waals surface area contributed by atoms with E-state index in [2.05, 4.69) is 20.5 Å². The van der Waals surface area contributed by atoms with Crippen molar-refractivity contribution in [2.45, 2.75) is 24.9 Å². The first kappa shape index (κ1) is 14.3. The topological polar surface area (TPSA) is 82.2 Å². The number of nitrogens with zero attached hydrogens (tertiary/aromatic N) is 2. The van der Waals surface area contributed by atoms with Crippen molar-refractivity contribution in [3.63, 3.8) is 0 Å². The average Bonchev–Trinajstić information content (AvgIpc) is 2.91. The number of fused-ring (bicyclic) bond motifs is 1. The number of imidazole rings is 1. The van der Waals surface area contributed by atoms with Gasteiger partial charge in [0.1, 0.15) is 0 Å². The number of benzene rings is 1. The molecule has 0 atom stereocenters. The van der Waals surface area contributed by atoms with E-state index in [0.717, 1.165) is 37.0 Å². The van der Waals surface area contributed by atoms with E-state index >= 15 is 0 Å². The molecule has 3 heterocycles. The fourth-order valence-electron chi connectivity index (χ4n) is 3.76. The van der Waals surface area contributed by atoms with Gasteiger partial charge in [-0.25, -0.2) is 9.59 Å². The SMILES string of the molecule is O=C1NCC(N2CCC(n3c(=O)[nH]c4ccccc43)CC2)CN1. The third-order valence-electron chi connectivity index (χ3n) is 5.00. The molecule has 0 saturated carbocycles. The van der Waals surface area contributed by atoms with Gasteiger partial charge in [0.25, 0.3) is 0 Å². The van der Waals surface area contributed by atoms with Gasteiger partial charge in [-0.2, -0.15) is 0 Å². The van der Waals surface area contributed by atoms with E-state index in [9.17, 15) is 9.59 Å². The number of urea groups is 1. The summed E-state index contributed by atoms with van der Waals surface area (Å²) in [6, 6.07) is 8.35. The zero-order chi connectivity index (χ0) is 15.8. The van der Waals surface area contributed by atoms with E-state index in [1.54, 1.807) is 0 Å². The van der Waals surface area contributed by atoms with Crippen LogP contribution in [-0.4, -0.2) is 52.7 Å². The van der Waals surface area contributed by atoms with Crippen LogP contribution in [-0.2, 0) is 0 Å². The largest absolute Gasteiger partial charge is 0.337 e. The van der Waals surface area contributed by atoms with E-state index in [0.29, 0.717) is 19.1 Å². The van der Waals surface area contributed by atoms with Crippen LogP contribution >= 0.6 is 0 Å². The summed E-state index contributed by atoms with van der Waals surface area (Å²) >= 11 is 0. The van der Waals surface area contributed by atoms with Crippen molar-refractivity contribution in [2.24, 2.45) is 0 Å². The molecule has 0 aliphatic carbocycles. The summed E-state index contributed by atoms with van der Waals surface area (Å²) in [4.78, 5) is 28.8. The number of rotatable bonds is 2. The molecule has 0 unspecified atom stereocenters. The average molecular weight is 315 g/mol. The number of hydrogen-bond acceptors (Lipinski definition) is 3. The van der Waals surface area contributed by atoms with Gasteiger partial charge in [-0.1, -0.05) is 12.1 Å². The van der Waals surface area contributed by atoms with Crippen LogP contribution in [0.3, 0.4) is 0 Å². The Morgan fingerprint density at radius 2 is 1.65 bits per heavy atom. The Kier molecular flexibility index (Phi) is 3.57. The number of aromatic nitrogens is 2. The van der Waals surface area contributed by atoms with Gasteiger partial charge in [0.2, 0.25) is 0 Å². The molecular weight excluding hydrogens is 294 g/mol. The number of amides is 2. The second-order valence-electron chi connectivity index (χ2n) is 6.33. The minimum absolute atomic E-state index is 0.0174. The Morgan fingerprint density at radius 1 is 0.957 bits per heavy atom. The number of aromatic amines is 1. The molecule has 4 rings (SSSR count). The molecule has 2 amide bonds. The smallest absolute Gasteiger partial charge is 0.326 e. The van der Waals surface area contributed by atoms with Crippen LogP contribution in [0, 0.1) is 0 Å². The van der Waals surface area contributed by atoms with Crippen molar-refractivity contribution >= 4 is 17.1 Å². The van der Waals surface area contributed by atoms with E-state index in [4.69, 9.17) is 0 Å². The standard InChI is InChI=1S/C16H21N5O2/c22-15-17-9-12(10-18-15)20-7-5-11(6-8-20)21-14-4-2-1-3-13(14)19-16(21)23/h1-4,11-12H,5-10H2,(H,19,23)(H2,17,18,22). The lowest BCUT2D eigenvalue weighted by atomic mass is 10.0. The summed E-state index contributed by atoms with van der Waals surface area (Å²) in [5, 5.41) is 5.70. The van der Waals surface area contributed by atoms with Gasteiger partial charge in [-0.05, 0) is 25.0 Å². The first-order valence-corrected chi connectivity index (χ1v) is 8.17. The molecule has 2 aliphatic heterocycles. The van der Waals surface area contributed by atoms with Crippen molar-refractivity contribution in [1.82, 2.24) is 25.1 Å². The second-order valence-corrected chi connectivity index (χ2v) is 6.33. The first-order chi connectivity index (χ1) is 11.2. The Morgan fingerprint density at radius 3 is 2.39 bits per heavy atom. The molecule has 0 bridgehead atoms. The third-order valence-corrected chi connectivity index (χ3v) is 5.00. The summed E-state index contributed by atoms with van der Waals surface area (Å²) in [6.45, 7) is 3.28. The van der Waals surface area contributed by atoms with Crippen LogP contribution in [0.1, 0.15) is 18.9 Å². The quantitative estimate of drug-likeness (QED) is 0.761. The molecule has 2 aromatic rings. The number of para-hydroxylation sites is 2. The summed E-state index contributed by atoms with van der Waals surface area (Å²) in [7, 11) is 0. The molecule has 2 aliphatic rings. The molecular formula is C16H21N5O2. The lowest BCUT2D eigenvalue weighted by Crippen LogP contribution is -2.58. The Hall–Kier alpha value is -2.28. The maximum absolute atomic E-state index is 12.3. The second kappa shape index (κ2) is 5.73. The molecule has 2 saturated heterocycles. The van der Waals surface area contributed by atoms with Gasteiger partial charge in [0.15, 0.2) is 0 Å². The highest BCUT2D eigenvalue weighted by Crippen LogP contribution is 2.25. The maximum Gasteiger partial charge on any atom is 0.326 e. The molecule has 3 N–H and O–H groups in total. The normalized spacial score (nSPS) is 21.3. The van der Waals surface area contributed by atoms with Crippen molar-refractivity contribution in [3.05, 3.63) is 34.7 Å². The van der Waals surface area contributed by atoms with E-state index < -0.39 is 0 Å². The fraction of sp³-hybridized carbons (Fsp3) is 0.500. The molecule has 2 fully saturated rings. The third kappa shape index (κ3) is 2.61. The molecule has 7 nitrogen and oxygen atoms in total. The molecule has 23 heavy (non-hydrogen) atoms. The van der Waals surface area contributed by atoms with E-state index in [1.807, 2.05) is 28.8 Å². The van der Waals surface area contributed by atoms with Gasteiger partial charge in [0, 0.05) is 38.3 Å². The number of H-pyrrole nitrogens is 1. The maximum atomic E-state index is 12.3. The Bertz CT molecular complexity index is 762. The summed E-state index contributed by atoms with van der Waals surface area (Å²) in [5.41, 5.74) is 1.87. The highest BCUT2D eigenvalue weighted by Gasteiger charge is 2.29. The number of piperidine rings is 1. The highest BCUT2D eigenvalue weighted by atomic mass is 16.2. The molecule has 0 radical (unpaired) electrons. The monoisotopic (exact) mass is 315 g/mol. The molecule has 1 aromatic heterocycles. The number of carbonyl (C=O) groups is 1. The highest BCUT2D eigenvalue weighted by molar-refractivity contribution is 5.75. The van der Waals surface area contributed by atoms with Crippen molar-refractivity contribution in [2.75, 3.05) is 26.2 Å². The van der Waals surface area contributed by atoms with Gasteiger partial charge in [0.05, 0.1) is 11.0 Å². The van der Waals surface area contributed by atoms with Crippen molar-refractivity contribution in [3.8, 4) is 0 Å². The predicted octanol–water partition coefficient (Wildman–Crippen LogP) is 0.648. The van der Waals surface area contributed by atoms with Crippen molar-refractivity contribution in [1.29, 1.82) is 0 Å². The number of hydrogen-bond donors (Lipinski definition) is 3. The first-order valence-electron chi connectivity index (χ1n) is 8.17. The minimum atomic E-state index is -0.0820. The van der Waals surface area contributed by atoms with Crippen molar-refractivity contribution < 1.29 is 4.79 Å². The van der Waals surface area contributed by atoms with E-state index in [-0.39, 0.29) is 17.8 Å². The predicted molar refractivity (Wildman–Crippen MR) is 87.6 cm³/mol. The molecule has 122 valence electrons. The Balaban J connectivity index is 1.48. The van der Waals surface area contributed by atoms with Crippen LogP contribution in [0.5, 0.6) is 0 Å². The molecule has 1 aromatic carbocycles. The Labute approximate surface area is 133 Å². The van der Waals surface area contributed by atoms with Gasteiger partial charge in [-0.15, -0.1) is 0 Å². The fourth-order valence-corrected chi connectivity index (χ4v) is 3.76. The molecule has 7 heteroatoms. The van der Waals surface area contributed by atoms with E-state index in [1.165, 1.54) is 0 Å². The lowest BCUT2D eigenvalue weighted by molar-refractivity contribution is 0.124. The summed E-state index contributed by atoms with van der Waals surface area (Å²) < 4.78 is 1.91. The number of likely N-dealkylation sites (tertiary alicyclic amines) is 1. The van der Waals surface area contributed by atoms with Gasteiger partial charge in [-0.3, -0.25) is 9.47 Å². The van der Waals surface area contributed by atoms with Crippen LogP contribution in [0.15, 0.2) is 29.1 Å². The summed E-state index contributed by atoms with van der Waals surface area (Å²) in [5.74, 6) is 0. The van der Waals surface area contributed by atoms with Crippen LogP contribution in [0.2, 0.25) is 0 Å². The number of carbonyl (C=O) groups excluding carboxylic acids is 1. The van der Waals surface area contributed by atoms with Crippen LogP contribution < -0.4 is 16.3 Å². The lowest BCUT2D eigenvalue weighted by Gasteiger charge is -2.39. The zero-order valence-corrected chi connectivity index (χ0v) is 12.9. The van der Waals surface area contributed by atoms with Crippen LogP contribution in [0.25, 0.3) is 11.0 Å². The van der Waals surface area contributed by atoms with Gasteiger partial charge >= 0.3 is 11.7 Å². The molecule has 0 spiro atoms. The minimum Gasteiger partial charge on any atom is -0.337 e. The number of nitrogens with one attached hydrogen (secondary N) is 3. The van der Waals surface area contributed by atoms with Crippen LogP contribution in [0.4, 0.5) is 4.79 Å². The summed E-state index contributed by atoms with van der Waals surface area (Å²) in [6.07, 6.45) is 1.90.